The van der Waals surface area contributed by atoms with Crippen molar-refractivity contribution < 1.29 is 22.9 Å². The van der Waals surface area contributed by atoms with Crippen LogP contribution in [0.15, 0.2) is 0 Å². The van der Waals surface area contributed by atoms with E-state index in [0.717, 1.165) is 0 Å². The van der Waals surface area contributed by atoms with Gasteiger partial charge in [0.15, 0.2) is 8.38 Å². The summed E-state index contributed by atoms with van der Waals surface area (Å²) in [6, 6.07) is 0. The Kier molecular flexibility index (Phi) is 5.10. The Morgan fingerprint density at radius 1 is 1.58 bits per heavy atom. The molecule has 0 aromatic carbocycles. The maximum absolute atomic E-state index is 13.0. The van der Waals surface area contributed by atoms with Crippen LogP contribution in [0.4, 0.5) is 4.39 Å². The van der Waals surface area contributed by atoms with Gasteiger partial charge in [-0.1, -0.05) is 6.92 Å². The molecule has 0 aliphatic carbocycles. The van der Waals surface area contributed by atoms with Gasteiger partial charge in [-0.25, -0.2) is 11.0 Å². The fourth-order valence-corrected chi connectivity index (χ4v) is 3.73. The fourth-order valence-electron chi connectivity index (χ4n) is 2.69. The van der Waals surface area contributed by atoms with Gasteiger partial charge in [-0.3, -0.25) is 0 Å². The molecular formula is C12H19FNO4P. The Bertz CT molecular complexity index is 353. The van der Waals surface area contributed by atoms with E-state index < -0.39 is 26.8 Å². The summed E-state index contributed by atoms with van der Waals surface area (Å²) >= 11 is 0. The first-order valence-corrected chi connectivity index (χ1v) is 8.02. The van der Waals surface area contributed by atoms with E-state index >= 15 is 0 Å². The molecule has 2 bridgehead atoms. The van der Waals surface area contributed by atoms with Gasteiger partial charge in [-0.2, -0.15) is 0 Å². The van der Waals surface area contributed by atoms with Crippen molar-refractivity contribution in [2.24, 2.45) is 0 Å². The van der Waals surface area contributed by atoms with E-state index in [-0.39, 0.29) is 12.2 Å². The molecule has 2 heterocycles. The second-order valence-electron chi connectivity index (χ2n) is 4.62. The van der Waals surface area contributed by atoms with Crippen molar-refractivity contribution in [1.82, 2.24) is 0 Å². The van der Waals surface area contributed by atoms with Crippen LogP contribution >= 0.6 is 8.38 Å². The van der Waals surface area contributed by atoms with Crippen LogP contribution in [-0.4, -0.2) is 57.0 Å². The Morgan fingerprint density at radius 2 is 2.37 bits per heavy atom. The molecule has 2 aliphatic rings. The van der Waals surface area contributed by atoms with Gasteiger partial charge in [0, 0.05) is 6.66 Å². The van der Waals surface area contributed by atoms with Gasteiger partial charge < -0.3 is 23.4 Å². The highest BCUT2D eigenvalue weighted by Gasteiger charge is 2.63. The zero-order valence-corrected chi connectivity index (χ0v) is 12.1. The highest BCUT2D eigenvalue weighted by atomic mass is 31.2. The fraction of sp³-hybridized carbons (Fsp3) is 0.917. The zero-order chi connectivity index (χ0) is 13.9. The average Bonchev–Trinajstić information content (AvgIpc) is 2.91. The molecule has 7 heteroatoms. The summed E-state index contributed by atoms with van der Waals surface area (Å²) in [6.45, 7) is 11.0. The van der Waals surface area contributed by atoms with Gasteiger partial charge >= 0.3 is 0 Å². The van der Waals surface area contributed by atoms with Gasteiger partial charge in [0.2, 0.25) is 6.54 Å². The summed E-state index contributed by atoms with van der Waals surface area (Å²) in [4.78, 5) is 3.22. The van der Waals surface area contributed by atoms with E-state index in [4.69, 9.17) is 25.1 Å². The van der Waals surface area contributed by atoms with Crippen LogP contribution in [0.2, 0.25) is 0 Å². The third kappa shape index (κ3) is 2.76. The second-order valence-corrected chi connectivity index (χ2v) is 5.97. The molecule has 2 rings (SSSR count). The lowest BCUT2D eigenvalue weighted by Crippen LogP contribution is -2.47. The standard InChI is InChI=1S/C12H19FNO4P/c1-4-12-10(7-13)17-9(8-15-12)11(12)18-19(3)16-6-5-14-2/h9-11H,4-8H2,1,3H3/t9-,10?,11-,12-,19?/m0/s1. The molecule has 0 amide bonds. The Labute approximate surface area is 114 Å². The van der Waals surface area contributed by atoms with E-state index in [1.807, 2.05) is 13.6 Å². The van der Waals surface area contributed by atoms with Crippen LogP contribution in [0.5, 0.6) is 0 Å². The minimum atomic E-state index is -1.10. The third-order valence-corrected chi connectivity index (χ3v) is 4.72. The monoisotopic (exact) mass is 291 g/mol. The van der Waals surface area contributed by atoms with Crippen LogP contribution < -0.4 is 0 Å². The first-order chi connectivity index (χ1) is 9.17. The molecule has 0 radical (unpaired) electrons. The highest BCUT2D eigenvalue weighted by molar-refractivity contribution is 7.46. The predicted molar refractivity (Wildman–Crippen MR) is 68.7 cm³/mol. The lowest BCUT2D eigenvalue weighted by Gasteiger charge is -2.33. The molecule has 5 atom stereocenters. The van der Waals surface area contributed by atoms with Crippen molar-refractivity contribution in [2.45, 2.75) is 37.3 Å². The maximum Gasteiger partial charge on any atom is 0.238 e. The number of fused-ring (bicyclic) bond motifs is 2. The number of hydrogen-bond donors (Lipinski definition) is 0. The van der Waals surface area contributed by atoms with Crippen molar-refractivity contribution in [3.8, 4) is 0 Å². The molecule has 2 aliphatic heterocycles. The summed E-state index contributed by atoms with van der Waals surface area (Å²) in [5.74, 6) is 0. The second kappa shape index (κ2) is 6.43. The number of halogens is 1. The van der Waals surface area contributed by atoms with Gasteiger partial charge in [0.1, 0.15) is 37.2 Å². The van der Waals surface area contributed by atoms with Crippen LogP contribution in [-0.2, 0) is 18.5 Å². The number of ether oxygens (including phenoxy) is 2. The molecule has 0 spiro atoms. The summed E-state index contributed by atoms with van der Waals surface area (Å²) in [5, 5.41) is 0. The molecule has 0 aromatic rings. The van der Waals surface area contributed by atoms with Crippen LogP contribution in [0.1, 0.15) is 13.3 Å². The highest BCUT2D eigenvalue weighted by Crippen LogP contribution is 2.50. The smallest absolute Gasteiger partial charge is 0.238 e. The molecule has 2 fully saturated rings. The normalized spacial score (nSPS) is 38.3. The van der Waals surface area contributed by atoms with Crippen molar-refractivity contribution in [3.05, 3.63) is 11.4 Å². The minimum Gasteiger partial charge on any atom is -0.367 e. The lowest BCUT2D eigenvalue weighted by atomic mass is 9.90. The van der Waals surface area contributed by atoms with Crippen molar-refractivity contribution in [3.63, 3.8) is 0 Å². The molecule has 108 valence electrons. The summed E-state index contributed by atoms with van der Waals surface area (Å²) in [5.41, 5.74) is -0.681. The van der Waals surface area contributed by atoms with Gasteiger partial charge in [0.05, 0.1) is 6.61 Å². The summed E-state index contributed by atoms with van der Waals surface area (Å²) < 4.78 is 35.7. The Morgan fingerprint density at radius 3 is 3.00 bits per heavy atom. The summed E-state index contributed by atoms with van der Waals surface area (Å²) in [6.07, 6.45) is -0.390. The van der Waals surface area contributed by atoms with Crippen LogP contribution in [0.25, 0.3) is 4.85 Å². The van der Waals surface area contributed by atoms with E-state index in [0.29, 0.717) is 26.2 Å². The quantitative estimate of drug-likeness (QED) is 0.409. The maximum atomic E-state index is 13.0. The summed E-state index contributed by atoms with van der Waals surface area (Å²) in [7, 11) is -1.10. The molecule has 2 saturated heterocycles. The third-order valence-electron chi connectivity index (χ3n) is 3.65. The van der Waals surface area contributed by atoms with E-state index in [1.165, 1.54) is 0 Å². The minimum absolute atomic E-state index is 0.213. The van der Waals surface area contributed by atoms with Gasteiger partial charge in [-0.05, 0) is 6.42 Å². The molecule has 5 nitrogen and oxygen atoms in total. The number of hydrogen-bond acceptors (Lipinski definition) is 4. The Hall–Kier alpha value is -0.310. The van der Waals surface area contributed by atoms with Gasteiger partial charge in [-0.15, -0.1) is 0 Å². The molecular weight excluding hydrogens is 272 g/mol. The number of alkyl halides is 1. The molecule has 0 aromatic heterocycles. The SMILES string of the molecule is [C-]#[N+]CCOP(C)O[C@H]1[C@@H]2CO[C@@]1(CC)C(CF)O2. The van der Waals surface area contributed by atoms with Crippen molar-refractivity contribution in [2.75, 3.05) is 33.1 Å². The largest absolute Gasteiger partial charge is 0.367 e. The molecule has 2 unspecified atom stereocenters. The van der Waals surface area contributed by atoms with Gasteiger partial charge in [0.25, 0.3) is 0 Å². The average molecular weight is 291 g/mol. The van der Waals surface area contributed by atoms with E-state index in [2.05, 4.69) is 4.85 Å². The van der Waals surface area contributed by atoms with Crippen molar-refractivity contribution in [1.29, 1.82) is 0 Å². The van der Waals surface area contributed by atoms with Crippen molar-refractivity contribution >= 4 is 8.38 Å². The zero-order valence-electron chi connectivity index (χ0n) is 11.2. The van der Waals surface area contributed by atoms with E-state index in [1.54, 1.807) is 0 Å². The molecule has 19 heavy (non-hydrogen) atoms. The topological polar surface area (TPSA) is 41.3 Å². The van der Waals surface area contributed by atoms with E-state index in [9.17, 15) is 4.39 Å². The molecule has 0 N–H and O–H groups in total. The van der Waals surface area contributed by atoms with Crippen LogP contribution in [0, 0.1) is 6.57 Å². The number of rotatable bonds is 7. The number of nitrogens with zero attached hydrogens (tertiary/aromatic N) is 1. The predicted octanol–water partition coefficient (Wildman–Crippen LogP) is 2.17. The lowest BCUT2D eigenvalue weighted by molar-refractivity contribution is -0.155. The Balaban J connectivity index is 1.95. The molecule has 0 saturated carbocycles. The first-order valence-electron chi connectivity index (χ1n) is 6.40. The first kappa shape index (κ1) is 15.1. The van der Waals surface area contributed by atoms with Crippen LogP contribution in [0.3, 0.4) is 0 Å².